The molecule has 1 N–H and O–H groups in total. The molecule has 1 aromatic rings. The molecule has 1 aliphatic heterocycles. The van der Waals surface area contributed by atoms with E-state index in [1.807, 2.05) is 12.1 Å². The predicted octanol–water partition coefficient (Wildman–Crippen LogP) is 7.35. The number of ether oxygens (including phenoxy) is 2. The Balaban J connectivity index is 2.24. The molecule has 1 aromatic carbocycles. The molecule has 1 unspecified atom stereocenters. The summed E-state index contributed by atoms with van der Waals surface area (Å²) in [7, 11) is 2.10. The first-order valence-electron chi connectivity index (χ1n) is 14.2. The molecule has 0 aliphatic carbocycles. The smallest absolute Gasteiger partial charge is 0.317 e. The Labute approximate surface area is 231 Å². The molecule has 6 heteroatoms. The number of benzene rings is 1. The van der Waals surface area contributed by atoms with Crippen LogP contribution < -0.4 is 0 Å². The van der Waals surface area contributed by atoms with Crippen molar-refractivity contribution in [1.82, 2.24) is 4.90 Å². The molecule has 216 valence electrons. The Morgan fingerprint density at radius 1 is 0.974 bits per heavy atom. The number of hydrogen-bond acceptors (Lipinski definition) is 6. The monoisotopic (exact) mass is 531 g/mol. The molecule has 1 saturated heterocycles. The highest BCUT2D eigenvalue weighted by atomic mass is 16.6. The second-order valence-corrected chi connectivity index (χ2v) is 14.5. The fraction of sp³-hybridized carbons (Fsp3) is 0.750. The number of aromatic hydroxyl groups is 1. The lowest BCUT2D eigenvalue weighted by molar-refractivity contribution is -0.166. The summed E-state index contributed by atoms with van der Waals surface area (Å²) in [6, 6.07) is 3.92. The Morgan fingerprint density at radius 2 is 1.45 bits per heavy atom. The fourth-order valence-corrected chi connectivity index (χ4v) is 5.58. The predicted molar refractivity (Wildman–Crippen MR) is 154 cm³/mol. The molecule has 1 fully saturated rings. The second-order valence-electron chi connectivity index (χ2n) is 14.5. The summed E-state index contributed by atoms with van der Waals surface area (Å²) in [4.78, 5) is 28.1. The number of piperidine rings is 1. The molecule has 1 atom stereocenters. The largest absolute Gasteiger partial charge is 0.507 e. The molecule has 1 heterocycles. The lowest BCUT2D eigenvalue weighted by Crippen LogP contribution is -2.60. The zero-order valence-corrected chi connectivity index (χ0v) is 26.1. The third kappa shape index (κ3) is 7.97. The minimum atomic E-state index is -0.578. The summed E-state index contributed by atoms with van der Waals surface area (Å²) in [5.74, 6) is -0.825. The van der Waals surface area contributed by atoms with Gasteiger partial charge in [-0.1, -0.05) is 54.9 Å². The van der Waals surface area contributed by atoms with Crippen molar-refractivity contribution >= 4 is 11.9 Å². The van der Waals surface area contributed by atoms with E-state index < -0.39 is 24.5 Å². The molecule has 0 radical (unpaired) electrons. The third-order valence-electron chi connectivity index (χ3n) is 8.07. The van der Waals surface area contributed by atoms with Crippen molar-refractivity contribution in [1.29, 1.82) is 0 Å². The molecule has 0 spiro atoms. The number of esters is 2. The molecule has 38 heavy (non-hydrogen) atoms. The Hall–Kier alpha value is -2.08. The van der Waals surface area contributed by atoms with Crippen molar-refractivity contribution in [2.75, 3.05) is 7.05 Å². The third-order valence-corrected chi connectivity index (χ3v) is 8.07. The number of nitrogens with zero attached hydrogens (tertiary/aromatic N) is 1. The van der Waals surface area contributed by atoms with Crippen molar-refractivity contribution in [2.24, 2.45) is 0 Å². The van der Waals surface area contributed by atoms with Crippen molar-refractivity contribution < 1.29 is 24.2 Å². The van der Waals surface area contributed by atoms with E-state index in [0.717, 1.165) is 29.5 Å². The number of hydrogen-bond donors (Lipinski definition) is 1. The van der Waals surface area contributed by atoms with Gasteiger partial charge in [0.25, 0.3) is 0 Å². The number of likely N-dealkylation sites (tertiary alicyclic amines) is 1. The van der Waals surface area contributed by atoms with Crippen LogP contribution in [-0.2, 0) is 29.9 Å². The number of rotatable bonds is 8. The van der Waals surface area contributed by atoms with Crippen molar-refractivity contribution in [2.45, 2.75) is 149 Å². The minimum absolute atomic E-state index is 0.118. The number of phenolic OH excluding ortho intramolecular Hbond substituents is 1. The van der Waals surface area contributed by atoms with Crippen molar-refractivity contribution in [3.63, 3.8) is 0 Å². The summed E-state index contributed by atoms with van der Waals surface area (Å²) in [6.07, 6.45) is 2.75. The van der Waals surface area contributed by atoms with E-state index in [9.17, 15) is 14.7 Å². The van der Waals surface area contributed by atoms with Gasteiger partial charge in [-0.2, -0.15) is 0 Å². The summed E-state index contributed by atoms with van der Waals surface area (Å²) in [5.41, 5.74) is 1.68. The molecule has 6 nitrogen and oxygen atoms in total. The Bertz CT molecular complexity index is 943. The van der Waals surface area contributed by atoms with Gasteiger partial charge in [-0.3, -0.25) is 14.5 Å². The van der Waals surface area contributed by atoms with Gasteiger partial charge >= 0.3 is 11.9 Å². The van der Waals surface area contributed by atoms with Gasteiger partial charge < -0.3 is 14.6 Å². The number of unbranched alkanes of at least 4 members (excludes halogenated alkanes) is 1. The average molecular weight is 532 g/mol. The first-order valence-corrected chi connectivity index (χ1v) is 14.2. The van der Waals surface area contributed by atoms with Crippen LogP contribution in [-0.4, -0.2) is 46.2 Å². The summed E-state index contributed by atoms with van der Waals surface area (Å²) < 4.78 is 11.7. The Kier molecular flexibility index (Phi) is 9.79. The zero-order valence-electron chi connectivity index (χ0n) is 26.1. The molecular formula is C32H53NO5. The van der Waals surface area contributed by atoms with Gasteiger partial charge in [0.2, 0.25) is 0 Å². The molecule has 0 saturated carbocycles. The van der Waals surface area contributed by atoms with E-state index >= 15 is 0 Å². The summed E-state index contributed by atoms with van der Waals surface area (Å²) in [6.45, 7) is 23.1. The average Bonchev–Trinajstić information content (AvgIpc) is 2.72. The molecule has 0 amide bonds. The topological polar surface area (TPSA) is 76.1 Å². The SMILES string of the molecule is CCCCC(OC(=O)CC(=O)OC1CC(C)(C)N(C)C(C)(C)C1)c1cc(C(C)(C)C)c(O)c(C(C)(C)C)c1. The van der Waals surface area contributed by atoms with Crippen LogP contribution in [0.2, 0.25) is 0 Å². The van der Waals surface area contributed by atoms with Gasteiger partial charge in [-0.05, 0) is 87.2 Å². The minimum Gasteiger partial charge on any atom is -0.507 e. The van der Waals surface area contributed by atoms with Crippen LogP contribution in [0, 0.1) is 0 Å². The molecule has 0 aromatic heterocycles. The van der Waals surface area contributed by atoms with Crippen molar-refractivity contribution in [3.8, 4) is 5.75 Å². The number of carbonyl (C=O) groups excluding carboxylic acids is 2. The van der Waals surface area contributed by atoms with Crippen LogP contribution in [0.4, 0.5) is 0 Å². The number of carbonyl (C=O) groups is 2. The van der Waals surface area contributed by atoms with Gasteiger partial charge in [0.15, 0.2) is 0 Å². The highest BCUT2D eigenvalue weighted by Gasteiger charge is 2.44. The normalized spacial score (nSPS) is 19.2. The van der Waals surface area contributed by atoms with Crippen LogP contribution >= 0.6 is 0 Å². The number of phenols is 1. The van der Waals surface area contributed by atoms with Gasteiger partial charge in [0.05, 0.1) is 0 Å². The van der Waals surface area contributed by atoms with Crippen LogP contribution in [0.5, 0.6) is 5.75 Å². The maximum atomic E-state index is 13.0. The highest BCUT2D eigenvalue weighted by molar-refractivity contribution is 5.91. The molecule has 1 aliphatic rings. The summed E-state index contributed by atoms with van der Waals surface area (Å²) in [5, 5.41) is 11.1. The zero-order chi connectivity index (χ0) is 29.3. The van der Waals surface area contributed by atoms with E-state index in [1.54, 1.807) is 0 Å². The van der Waals surface area contributed by atoms with E-state index in [-0.39, 0.29) is 28.0 Å². The van der Waals surface area contributed by atoms with E-state index in [2.05, 4.69) is 88.1 Å². The van der Waals surface area contributed by atoms with Crippen LogP contribution in [0.25, 0.3) is 0 Å². The lowest BCUT2D eigenvalue weighted by Gasteiger charge is -2.53. The highest BCUT2D eigenvalue weighted by Crippen LogP contribution is 2.42. The lowest BCUT2D eigenvalue weighted by atomic mass is 9.77. The Morgan fingerprint density at radius 3 is 1.87 bits per heavy atom. The van der Waals surface area contributed by atoms with E-state index in [1.165, 1.54) is 0 Å². The molecular weight excluding hydrogens is 478 g/mol. The first-order chi connectivity index (χ1) is 17.2. The molecule has 0 bridgehead atoms. The molecule has 2 rings (SSSR count). The van der Waals surface area contributed by atoms with E-state index in [0.29, 0.717) is 25.0 Å². The van der Waals surface area contributed by atoms with Crippen LogP contribution in [0.3, 0.4) is 0 Å². The van der Waals surface area contributed by atoms with Gasteiger partial charge in [-0.25, -0.2) is 0 Å². The van der Waals surface area contributed by atoms with E-state index in [4.69, 9.17) is 9.47 Å². The first kappa shape index (κ1) is 32.1. The maximum absolute atomic E-state index is 13.0. The standard InChI is InChI=1S/C32H53NO5/c1-13-14-15-25(21-16-23(29(2,3)4)28(36)24(17-21)30(5,6)7)38-27(35)18-26(34)37-22-19-31(8,9)33(12)32(10,11)20-22/h16-17,22,25,36H,13-15,18-20H2,1-12H3. The van der Waals surface area contributed by atoms with Crippen molar-refractivity contribution in [3.05, 3.63) is 28.8 Å². The summed E-state index contributed by atoms with van der Waals surface area (Å²) >= 11 is 0. The quantitative estimate of drug-likeness (QED) is 0.279. The van der Waals surface area contributed by atoms with Crippen LogP contribution in [0.15, 0.2) is 12.1 Å². The van der Waals surface area contributed by atoms with Gasteiger partial charge in [0, 0.05) is 23.9 Å². The maximum Gasteiger partial charge on any atom is 0.317 e. The van der Waals surface area contributed by atoms with Crippen LogP contribution in [0.1, 0.15) is 137 Å². The fourth-order valence-electron chi connectivity index (χ4n) is 5.58. The van der Waals surface area contributed by atoms with Gasteiger partial charge in [0.1, 0.15) is 24.4 Å². The second kappa shape index (κ2) is 11.6. The van der Waals surface area contributed by atoms with Gasteiger partial charge in [-0.15, -0.1) is 0 Å².